The highest BCUT2D eigenvalue weighted by atomic mass is 32.2. The van der Waals surface area contributed by atoms with E-state index < -0.39 is 4.92 Å². The Morgan fingerprint density at radius 1 is 1.13 bits per heavy atom. The molecule has 0 bridgehead atoms. The Balaban J connectivity index is 1.64. The number of hydrogen-bond acceptors (Lipinski definition) is 6. The van der Waals surface area contributed by atoms with Crippen molar-refractivity contribution in [2.24, 2.45) is 0 Å². The summed E-state index contributed by atoms with van der Waals surface area (Å²) in [4.78, 5) is 25.7. The van der Waals surface area contributed by atoms with E-state index in [1.165, 1.54) is 22.7 Å². The van der Waals surface area contributed by atoms with E-state index in [0.29, 0.717) is 37.6 Å². The van der Waals surface area contributed by atoms with Gasteiger partial charge in [0.15, 0.2) is 4.32 Å². The number of nitrogens with zero attached hydrogens (tertiary/aromatic N) is 2. The van der Waals surface area contributed by atoms with Crippen molar-refractivity contribution in [2.75, 3.05) is 4.90 Å². The van der Waals surface area contributed by atoms with Crippen LogP contribution in [0, 0.1) is 24.0 Å². The van der Waals surface area contributed by atoms with Gasteiger partial charge in [0.05, 0.1) is 15.5 Å². The van der Waals surface area contributed by atoms with Crippen LogP contribution in [0.1, 0.15) is 16.9 Å². The fraction of sp³-hybridized carbons (Fsp3) is 0.0909. The molecule has 150 valence electrons. The zero-order chi connectivity index (χ0) is 21.4. The molecule has 0 unspecified atom stereocenters. The normalized spacial score (nSPS) is 15.3. The van der Waals surface area contributed by atoms with Crippen molar-refractivity contribution in [3.8, 4) is 11.3 Å². The van der Waals surface area contributed by atoms with Gasteiger partial charge in [-0.05, 0) is 49.7 Å². The summed E-state index contributed by atoms with van der Waals surface area (Å²) < 4.78 is 6.31. The molecule has 1 saturated heterocycles. The van der Waals surface area contributed by atoms with Crippen LogP contribution < -0.4 is 4.90 Å². The number of hydrogen-bond donors (Lipinski definition) is 0. The van der Waals surface area contributed by atoms with Gasteiger partial charge in [0.2, 0.25) is 0 Å². The predicted octanol–water partition coefficient (Wildman–Crippen LogP) is 5.88. The van der Waals surface area contributed by atoms with Gasteiger partial charge < -0.3 is 4.42 Å². The quantitative estimate of drug-likeness (QED) is 0.220. The molecule has 1 aliphatic heterocycles. The fourth-order valence-corrected chi connectivity index (χ4v) is 4.43. The number of para-hydroxylation sites is 1. The number of carbonyl (C=O) groups is 1. The van der Waals surface area contributed by atoms with Crippen LogP contribution in [0.15, 0.2) is 63.9 Å². The van der Waals surface area contributed by atoms with Gasteiger partial charge in [-0.1, -0.05) is 42.2 Å². The second-order valence-corrected chi connectivity index (χ2v) is 8.42. The molecule has 6 nitrogen and oxygen atoms in total. The van der Waals surface area contributed by atoms with E-state index in [4.69, 9.17) is 16.6 Å². The third kappa shape index (κ3) is 3.67. The van der Waals surface area contributed by atoms with Gasteiger partial charge in [0.1, 0.15) is 11.5 Å². The number of benzene rings is 2. The Bertz CT molecular complexity index is 1220. The second kappa shape index (κ2) is 7.89. The molecule has 1 amide bonds. The molecule has 0 atom stereocenters. The van der Waals surface area contributed by atoms with Crippen molar-refractivity contribution >= 4 is 51.7 Å². The first kappa shape index (κ1) is 20.1. The maximum atomic E-state index is 12.8. The monoisotopic (exact) mass is 436 g/mol. The molecule has 3 aromatic rings. The summed E-state index contributed by atoms with van der Waals surface area (Å²) in [5.41, 5.74) is 2.81. The highest BCUT2D eigenvalue weighted by Gasteiger charge is 2.33. The van der Waals surface area contributed by atoms with Crippen LogP contribution in [0.25, 0.3) is 17.4 Å². The number of nitro benzene ring substituents is 1. The lowest BCUT2D eigenvalue weighted by molar-refractivity contribution is -0.385. The van der Waals surface area contributed by atoms with E-state index in [2.05, 4.69) is 0 Å². The molecule has 0 spiro atoms. The molecular formula is C22H16N2O4S2. The van der Waals surface area contributed by atoms with Gasteiger partial charge in [-0.15, -0.1) is 0 Å². The molecule has 1 aliphatic rings. The summed E-state index contributed by atoms with van der Waals surface area (Å²) in [7, 11) is 0. The minimum Gasteiger partial charge on any atom is -0.457 e. The number of nitro groups is 1. The summed E-state index contributed by atoms with van der Waals surface area (Å²) in [6.45, 7) is 3.55. The maximum Gasteiger partial charge on any atom is 0.273 e. The number of aryl methyl sites for hydroxylation is 1. The number of thiocarbonyl (C=S) groups is 1. The van der Waals surface area contributed by atoms with Crippen molar-refractivity contribution < 1.29 is 14.1 Å². The van der Waals surface area contributed by atoms with E-state index >= 15 is 0 Å². The molecule has 0 saturated carbocycles. The first-order chi connectivity index (χ1) is 14.3. The van der Waals surface area contributed by atoms with Crippen molar-refractivity contribution in [3.63, 3.8) is 0 Å². The molecule has 1 fully saturated rings. The molecule has 0 N–H and O–H groups in total. The highest BCUT2D eigenvalue weighted by molar-refractivity contribution is 8.27. The Kier molecular flexibility index (Phi) is 5.27. The van der Waals surface area contributed by atoms with Gasteiger partial charge >= 0.3 is 0 Å². The van der Waals surface area contributed by atoms with E-state index in [1.54, 1.807) is 25.1 Å². The number of carbonyl (C=O) groups excluding carboxylic acids is 1. The first-order valence-corrected chi connectivity index (χ1v) is 10.3. The van der Waals surface area contributed by atoms with Crippen LogP contribution in [0.3, 0.4) is 0 Å². The molecule has 2 heterocycles. The summed E-state index contributed by atoms with van der Waals surface area (Å²) in [6.07, 6.45) is 1.64. The number of amides is 1. The Morgan fingerprint density at radius 2 is 1.87 bits per heavy atom. The lowest BCUT2D eigenvalue weighted by atomic mass is 10.0. The van der Waals surface area contributed by atoms with Crippen LogP contribution in [-0.2, 0) is 4.79 Å². The van der Waals surface area contributed by atoms with Gasteiger partial charge in [-0.2, -0.15) is 0 Å². The maximum absolute atomic E-state index is 12.8. The smallest absolute Gasteiger partial charge is 0.273 e. The van der Waals surface area contributed by atoms with E-state index in [1.807, 2.05) is 43.3 Å². The average molecular weight is 437 g/mol. The lowest BCUT2D eigenvalue weighted by Gasteiger charge is -2.13. The van der Waals surface area contributed by atoms with Crippen LogP contribution in [-0.4, -0.2) is 15.2 Å². The molecule has 2 aromatic carbocycles. The van der Waals surface area contributed by atoms with Gasteiger partial charge in [0, 0.05) is 23.3 Å². The summed E-state index contributed by atoms with van der Waals surface area (Å²) in [5, 5.41) is 11.3. The van der Waals surface area contributed by atoms with Crippen molar-refractivity contribution in [1.82, 2.24) is 0 Å². The summed E-state index contributed by atoms with van der Waals surface area (Å²) >= 11 is 6.58. The minimum atomic E-state index is -0.398. The standard InChI is InChI=1S/C22H16N2O4S2/c1-13-10-15(11-18(14(13)2)24(26)27)19-9-8-17(28-19)12-20-21(25)23(22(29)30-20)16-6-4-3-5-7-16/h3-12H,1-2H3/b20-12+. The molecule has 8 heteroatoms. The summed E-state index contributed by atoms with van der Waals surface area (Å²) in [5.74, 6) is 0.751. The van der Waals surface area contributed by atoms with Crippen molar-refractivity contribution in [3.05, 3.63) is 86.5 Å². The fourth-order valence-electron chi connectivity index (χ4n) is 3.15. The Hall–Kier alpha value is -3.23. The Labute approximate surface area is 182 Å². The van der Waals surface area contributed by atoms with Gasteiger partial charge in [-0.25, -0.2) is 0 Å². The van der Waals surface area contributed by atoms with Crippen LogP contribution in [0.2, 0.25) is 0 Å². The van der Waals surface area contributed by atoms with E-state index in [9.17, 15) is 14.9 Å². The third-order valence-corrected chi connectivity index (χ3v) is 6.13. The minimum absolute atomic E-state index is 0.0479. The first-order valence-electron chi connectivity index (χ1n) is 9.04. The summed E-state index contributed by atoms with van der Waals surface area (Å²) in [6, 6.07) is 16.0. The average Bonchev–Trinajstić information content (AvgIpc) is 3.29. The Morgan fingerprint density at radius 3 is 2.57 bits per heavy atom. The largest absolute Gasteiger partial charge is 0.457 e. The predicted molar refractivity (Wildman–Crippen MR) is 122 cm³/mol. The zero-order valence-electron chi connectivity index (χ0n) is 16.1. The molecule has 0 aliphatic carbocycles. The second-order valence-electron chi connectivity index (χ2n) is 6.75. The van der Waals surface area contributed by atoms with Crippen LogP contribution in [0.4, 0.5) is 11.4 Å². The molecule has 30 heavy (non-hydrogen) atoms. The SMILES string of the molecule is Cc1cc(-c2ccc(/C=C3/SC(=S)N(c4ccccc4)C3=O)o2)cc([N+](=O)[O-])c1C. The lowest BCUT2D eigenvalue weighted by Crippen LogP contribution is -2.27. The van der Waals surface area contributed by atoms with E-state index in [-0.39, 0.29) is 11.6 Å². The highest BCUT2D eigenvalue weighted by Crippen LogP contribution is 2.37. The van der Waals surface area contributed by atoms with Crippen molar-refractivity contribution in [2.45, 2.75) is 13.8 Å². The molecule has 0 radical (unpaired) electrons. The van der Waals surface area contributed by atoms with Gasteiger partial charge in [0.25, 0.3) is 11.6 Å². The van der Waals surface area contributed by atoms with Crippen LogP contribution >= 0.6 is 24.0 Å². The van der Waals surface area contributed by atoms with Gasteiger partial charge in [-0.3, -0.25) is 19.8 Å². The molecule has 4 rings (SSSR count). The van der Waals surface area contributed by atoms with Crippen LogP contribution in [0.5, 0.6) is 0 Å². The molecular weight excluding hydrogens is 420 g/mol. The number of anilines is 1. The topological polar surface area (TPSA) is 76.6 Å². The van der Waals surface area contributed by atoms with Crippen molar-refractivity contribution in [1.29, 1.82) is 0 Å². The number of rotatable bonds is 4. The van der Waals surface area contributed by atoms with E-state index in [0.717, 1.165) is 5.56 Å². The third-order valence-electron chi connectivity index (χ3n) is 4.83. The number of thioether (sulfide) groups is 1. The zero-order valence-corrected chi connectivity index (χ0v) is 17.8. The number of furan rings is 1. The molecule has 1 aromatic heterocycles.